The third kappa shape index (κ3) is 3.93. The first kappa shape index (κ1) is 18.2. The van der Waals surface area contributed by atoms with Gasteiger partial charge < -0.3 is 9.64 Å². The molecule has 1 aliphatic carbocycles. The molecule has 1 fully saturated rings. The highest BCUT2D eigenvalue weighted by Crippen LogP contribution is 2.39. The molecule has 0 bridgehead atoms. The third-order valence-electron chi connectivity index (χ3n) is 5.54. The van der Waals surface area contributed by atoms with Crippen LogP contribution in [-0.2, 0) is 0 Å². The Labute approximate surface area is 164 Å². The molecule has 0 N–H and O–H groups in total. The van der Waals surface area contributed by atoms with Gasteiger partial charge in [-0.25, -0.2) is 0 Å². The number of carbonyl (C=O) groups is 1. The van der Waals surface area contributed by atoms with Gasteiger partial charge in [-0.05, 0) is 49.4 Å². The number of anilines is 1. The molecule has 1 aliphatic heterocycles. The van der Waals surface area contributed by atoms with Crippen molar-refractivity contribution in [3.8, 4) is 11.6 Å². The van der Waals surface area contributed by atoms with E-state index in [2.05, 4.69) is 10.2 Å². The lowest BCUT2D eigenvalue weighted by molar-refractivity contribution is 0.0985. The zero-order valence-corrected chi connectivity index (χ0v) is 16.3. The molecule has 6 heteroatoms. The van der Waals surface area contributed by atoms with Crippen molar-refractivity contribution in [3.63, 3.8) is 0 Å². The Balaban J connectivity index is 1.61. The Bertz CT molecular complexity index is 849. The Kier molecular flexibility index (Phi) is 5.30. The molecular formula is C21H24ClN3O2. The molecule has 0 spiro atoms. The van der Waals surface area contributed by atoms with Crippen LogP contribution in [0.2, 0.25) is 5.15 Å². The molecule has 2 aliphatic rings. The molecule has 1 aromatic carbocycles. The summed E-state index contributed by atoms with van der Waals surface area (Å²) in [7, 11) is 0. The van der Waals surface area contributed by atoms with E-state index >= 15 is 0 Å². The minimum atomic E-state index is -0.130. The lowest BCUT2D eigenvalue weighted by Crippen LogP contribution is -2.31. The minimum absolute atomic E-state index is 0.130. The van der Waals surface area contributed by atoms with Crippen molar-refractivity contribution in [1.29, 1.82) is 0 Å². The highest BCUT2D eigenvalue weighted by atomic mass is 35.5. The van der Waals surface area contributed by atoms with Crippen molar-refractivity contribution in [2.45, 2.75) is 51.9 Å². The summed E-state index contributed by atoms with van der Waals surface area (Å²) in [6.07, 6.45) is 8.83. The average molecular weight is 386 g/mol. The van der Waals surface area contributed by atoms with Gasteiger partial charge in [0.25, 0.3) is 11.8 Å². The van der Waals surface area contributed by atoms with Crippen LogP contribution in [0.25, 0.3) is 0 Å². The highest BCUT2D eigenvalue weighted by Gasteiger charge is 2.30. The predicted octanol–water partition coefficient (Wildman–Crippen LogP) is 5.55. The van der Waals surface area contributed by atoms with Crippen molar-refractivity contribution >= 4 is 23.2 Å². The van der Waals surface area contributed by atoms with E-state index in [1.807, 2.05) is 30.0 Å². The monoisotopic (exact) mass is 385 g/mol. The Morgan fingerprint density at radius 3 is 2.81 bits per heavy atom. The number of ether oxygens (including phenoxy) is 1. The number of hydrogen-bond acceptors (Lipinski definition) is 4. The van der Waals surface area contributed by atoms with Crippen LogP contribution in [0.1, 0.15) is 60.9 Å². The Morgan fingerprint density at radius 2 is 2.00 bits per heavy atom. The molecule has 1 aromatic heterocycles. The van der Waals surface area contributed by atoms with Crippen LogP contribution in [0.3, 0.4) is 0 Å². The molecule has 0 unspecified atom stereocenters. The van der Waals surface area contributed by atoms with Gasteiger partial charge in [0.2, 0.25) is 0 Å². The number of fused-ring (bicyclic) bond motifs is 2. The number of amides is 1. The fourth-order valence-corrected chi connectivity index (χ4v) is 4.25. The lowest BCUT2D eigenvalue weighted by atomic mass is 9.86. The van der Waals surface area contributed by atoms with Crippen LogP contribution in [-0.4, -0.2) is 22.6 Å². The summed E-state index contributed by atoms with van der Waals surface area (Å²) in [6, 6.07) is 7.39. The fourth-order valence-electron chi connectivity index (χ4n) is 4.10. The first-order valence-corrected chi connectivity index (χ1v) is 10.1. The molecule has 5 nitrogen and oxygen atoms in total. The third-order valence-corrected chi connectivity index (χ3v) is 5.72. The maximum Gasteiger partial charge on any atom is 0.264 e. The second-order valence-corrected chi connectivity index (χ2v) is 7.95. The van der Waals surface area contributed by atoms with E-state index in [-0.39, 0.29) is 16.9 Å². The topological polar surface area (TPSA) is 55.3 Å². The summed E-state index contributed by atoms with van der Waals surface area (Å²) in [6.45, 7) is 2.67. The maximum atomic E-state index is 13.3. The molecule has 4 rings (SSSR count). The SMILES string of the molecule is Cc1ccc2c(c1)N(CCCC1CCCCC1)C(=O)c1cc(Cl)nnc1O2. The van der Waals surface area contributed by atoms with Crippen molar-refractivity contribution in [2.75, 3.05) is 11.4 Å². The number of hydrogen-bond donors (Lipinski definition) is 0. The Hall–Kier alpha value is -2.14. The van der Waals surface area contributed by atoms with E-state index in [9.17, 15) is 4.79 Å². The molecule has 27 heavy (non-hydrogen) atoms. The molecular weight excluding hydrogens is 362 g/mol. The van der Waals surface area contributed by atoms with Crippen LogP contribution < -0.4 is 9.64 Å². The van der Waals surface area contributed by atoms with E-state index in [1.165, 1.54) is 32.1 Å². The average Bonchev–Trinajstić information content (AvgIpc) is 2.78. The maximum absolute atomic E-state index is 13.3. The first-order chi connectivity index (χ1) is 13.1. The van der Waals surface area contributed by atoms with Gasteiger partial charge in [0.05, 0.1) is 5.69 Å². The number of halogens is 1. The van der Waals surface area contributed by atoms with Crippen molar-refractivity contribution in [3.05, 3.63) is 40.5 Å². The Morgan fingerprint density at radius 1 is 1.19 bits per heavy atom. The normalized spacial score (nSPS) is 17.1. The second-order valence-electron chi connectivity index (χ2n) is 7.56. The number of carbonyl (C=O) groups excluding carboxylic acids is 1. The van der Waals surface area contributed by atoms with E-state index in [4.69, 9.17) is 16.3 Å². The summed E-state index contributed by atoms with van der Waals surface area (Å²) in [4.78, 5) is 15.1. The first-order valence-electron chi connectivity index (χ1n) is 9.75. The molecule has 2 heterocycles. The highest BCUT2D eigenvalue weighted by molar-refractivity contribution is 6.29. The molecule has 142 valence electrons. The zero-order chi connectivity index (χ0) is 18.8. The van der Waals surface area contributed by atoms with Crippen LogP contribution >= 0.6 is 11.6 Å². The number of nitrogens with zero attached hydrogens (tertiary/aromatic N) is 3. The standard InChI is InChI=1S/C21H24ClN3O2/c1-14-9-10-18-17(12-14)25(11-5-8-15-6-3-2-4-7-15)21(26)16-13-19(22)23-24-20(16)27-18/h9-10,12-13,15H,2-8,11H2,1H3. The number of rotatable bonds is 4. The molecule has 0 atom stereocenters. The summed E-state index contributed by atoms with van der Waals surface area (Å²) in [5.74, 6) is 1.50. The van der Waals surface area contributed by atoms with Crippen LogP contribution in [0.5, 0.6) is 11.6 Å². The summed E-state index contributed by atoms with van der Waals surface area (Å²) in [5, 5.41) is 8.00. The lowest BCUT2D eigenvalue weighted by Gasteiger charge is -2.25. The van der Waals surface area contributed by atoms with Gasteiger partial charge in [-0.15, -0.1) is 10.2 Å². The summed E-state index contributed by atoms with van der Waals surface area (Å²) in [5.41, 5.74) is 2.23. The molecule has 0 saturated heterocycles. The van der Waals surface area contributed by atoms with Gasteiger partial charge in [0.1, 0.15) is 5.56 Å². The summed E-state index contributed by atoms with van der Waals surface area (Å²) >= 11 is 5.99. The number of benzene rings is 1. The van der Waals surface area contributed by atoms with Crippen molar-refractivity contribution in [2.24, 2.45) is 5.92 Å². The van der Waals surface area contributed by atoms with E-state index < -0.39 is 0 Å². The van der Waals surface area contributed by atoms with Gasteiger partial charge in [0, 0.05) is 6.54 Å². The van der Waals surface area contributed by atoms with E-state index in [0.29, 0.717) is 17.9 Å². The minimum Gasteiger partial charge on any atom is -0.435 e. The van der Waals surface area contributed by atoms with Gasteiger partial charge in [0.15, 0.2) is 10.9 Å². The second kappa shape index (κ2) is 7.85. The predicted molar refractivity (Wildman–Crippen MR) is 106 cm³/mol. The van der Waals surface area contributed by atoms with Crippen molar-refractivity contribution in [1.82, 2.24) is 10.2 Å². The van der Waals surface area contributed by atoms with Crippen LogP contribution in [0.4, 0.5) is 5.69 Å². The number of aryl methyl sites for hydroxylation is 1. The van der Waals surface area contributed by atoms with Crippen LogP contribution in [0.15, 0.2) is 24.3 Å². The molecule has 0 radical (unpaired) electrons. The molecule has 2 aromatic rings. The van der Waals surface area contributed by atoms with Gasteiger partial charge >= 0.3 is 0 Å². The van der Waals surface area contributed by atoms with Gasteiger partial charge in [-0.3, -0.25) is 4.79 Å². The fraction of sp³-hybridized carbons (Fsp3) is 0.476. The van der Waals surface area contributed by atoms with E-state index in [1.54, 1.807) is 6.07 Å². The summed E-state index contributed by atoms with van der Waals surface area (Å²) < 4.78 is 5.91. The number of aromatic nitrogens is 2. The van der Waals surface area contributed by atoms with Gasteiger partial charge in [-0.1, -0.05) is 49.8 Å². The van der Waals surface area contributed by atoms with Crippen molar-refractivity contribution < 1.29 is 9.53 Å². The molecule has 1 amide bonds. The quantitative estimate of drug-likeness (QED) is 0.692. The molecule has 1 saturated carbocycles. The smallest absolute Gasteiger partial charge is 0.264 e. The zero-order valence-electron chi connectivity index (χ0n) is 15.6. The van der Waals surface area contributed by atoms with Crippen LogP contribution in [0, 0.1) is 12.8 Å². The largest absolute Gasteiger partial charge is 0.435 e. The van der Waals surface area contributed by atoms with E-state index in [0.717, 1.165) is 30.0 Å². The van der Waals surface area contributed by atoms with Gasteiger partial charge in [-0.2, -0.15) is 0 Å².